The summed E-state index contributed by atoms with van der Waals surface area (Å²) in [5.41, 5.74) is 3.81. The van der Waals surface area contributed by atoms with Gasteiger partial charge in [0.25, 0.3) is 5.91 Å². The molecule has 2 aromatic carbocycles. The van der Waals surface area contributed by atoms with Crippen molar-refractivity contribution in [3.63, 3.8) is 0 Å². The highest BCUT2D eigenvalue weighted by Gasteiger charge is 2.10. The normalized spacial score (nSPS) is 10.6. The van der Waals surface area contributed by atoms with E-state index in [9.17, 15) is 4.79 Å². The Morgan fingerprint density at radius 3 is 2.61 bits per heavy atom. The molecule has 138 valence electrons. The lowest BCUT2D eigenvalue weighted by Gasteiger charge is -2.10. The Morgan fingerprint density at radius 1 is 0.964 bits per heavy atom. The van der Waals surface area contributed by atoms with Crippen LogP contribution in [0, 0.1) is 6.92 Å². The Hall–Kier alpha value is -3.44. The van der Waals surface area contributed by atoms with Gasteiger partial charge in [-0.1, -0.05) is 29.8 Å². The predicted octanol–water partition coefficient (Wildman–Crippen LogP) is 5.59. The van der Waals surface area contributed by atoms with Crippen molar-refractivity contribution in [2.75, 3.05) is 10.6 Å². The molecule has 0 saturated heterocycles. The minimum absolute atomic E-state index is 0.236. The molecule has 2 aromatic heterocycles. The van der Waals surface area contributed by atoms with Gasteiger partial charge in [0, 0.05) is 28.5 Å². The lowest BCUT2D eigenvalue weighted by Crippen LogP contribution is -2.13. The van der Waals surface area contributed by atoms with Gasteiger partial charge in [-0.25, -0.2) is 4.98 Å². The van der Waals surface area contributed by atoms with Gasteiger partial charge in [0.05, 0.1) is 16.8 Å². The van der Waals surface area contributed by atoms with Crippen molar-refractivity contribution >= 4 is 45.6 Å². The van der Waals surface area contributed by atoms with Crippen molar-refractivity contribution < 1.29 is 4.79 Å². The molecule has 4 rings (SSSR count). The lowest BCUT2D eigenvalue weighted by atomic mass is 10.2. The third-order valence-corrected chi connectivity index (χ3v) is 4.59. The fourth-order valence-electron chi connectivity index (χ4n) is 2.91. The average molecular weight is 389 g/mol. The second kappa shape index (κ2) is 7.66. The zero-order valence-corrected chi connectivity index (χ0v) is 15.9. The third kappa shape index (κ3) is 3.80. The number of hydrogen-bond acceptors (Lipinski definition) is 4. The molecule has 0 aliphatic heterocycles. The van der Waals surface area contributed by atoms with Gasteiger partial charge in [-0.3, -0.25) is 9.78 Å². The van der Waals surface area contributed by atoms with Crippen LogP contribution in [0.2, 0.25) is 5.02 Å². The number of fused-ring (bicyclic) bond motifs is 1. The summed E-state index contributed by atoms with van der Waals surface area (Å²) in [4.78, 5) is 21.3. The van der Waals surface area contributed by atoms with Crippen LogP contribution in [-0.4, -0.2) is 15.9 Å². The number of carbonyl (C=O) groups excluding carboxylic acids is 1. The third-order valence-electron chi connectivity index (χ3n) is 4.36. The molecule has 4 aromatic rings. The van der Waals surface area contributed by atoms with Crippen LogP contribution in [0.3, 0.4) is 0 Å². The van der Waals surface area contributed by atoms with E-state index in [1.165, 1.54) is 0 Å². The van der Waals surface area contributed by atoms with Crippen molar-refractivity contribution in [2.24, 2.45) is 0 Å². The zero-order valence-electron chi connectivity index (χ0n) is 15.1. The second-order valence-electron chi connectivity index (χ2n) is 6.35. The van der Waals surface area contributed by atoms with E-state index >= 15 is 0 Å². The van der Waals surface area contributed by atoms with Gasteiger partial charge in [0.1, 0.15) is 5.82 Å². The van der Waals surface area contributed by atoms with Crippen molar-refractivity contribution in [3.8, 4) is 0 Å². The number of carbonyl (C=O) groups is 1. The fourth-order valence-corrected chi connectivity index (χ4v) is 3.13. The molecular formula is C22H17ClN4O. The van der Waals surface area contributed by atoms with Gasteiger partial charge in [-0.15, -0.1) is 0 Å². The first-order valence-electron chi connectivity index (χ1n) is 8.74. The second-order valence-corrected chi connectivity index (χ2v) is 6.79. The van der Waals surface area contributed by atoms with Crippen molar-refractivity contribution in [1.29, 1.82) is 0 Å². The first-order chi connectivity index (χ1) is 13.6. The minimum atomic E-state index is -0.236. The van der Waals surface area contributed by atoms with Gasteiger partial charge in [0.2, 0.25) is 0 Å². The molecule has 5 nitrogen and oxygen atoms in total. The van der Waals surface area contributed by atoms with Crippen molar-refractivity contribution in [3.05, 3.63) is 89.2 Å². The van der Waals surface area contributed by atoms with Crippen LogP contribution >= 0.6 is 11.6 Å². The average Bonchev–Trinajstić information content (AvgIpc) is 2.71. The fraction of sp³-hybridized carbons (Fsp3) is 0.0455. The maximum absolute atomic E-state index is 12.6. The molecule has 0 aliphatic carbocycles. The molecule has 6 heteroatoms. The minimum Gasteiger partial charge on any atom is -0.340 e. The number of nitrogens with zero attached hydrogens (tertiary/aromatic N) is 2. The molecular weight excluding hydrogens is 372 g/mol. The maximum Gasteiger partial charge on any atom is 0.257 e. The summed E-state index contributed by atoms with van der Waals surface area (Å²) < 4.78 is 0. The monoisotopic (exact) mass is 388 g/mol. The molecule has 0 atom stereocenters. The van der Waals surface area contributed by atoms with E-state index in [2.05, 4.69) is 20.6 Å². The molecule has 0 aliphatic rings. The molecule has 1 amide bonds. The number of pyridine rings is 2. The van der Waals surface area contributed by atoms with Gasteiger partial charge < -0.3 is 10.6 Å². The van der Waals surface area contributed by atoms with E-state index in [4.69, 9.17) is 11.6 Å². The summed E-state index contributed by atoms with van der Waals surface area (Å²) in [6.07, 6.45) is 3.25. The van der Waals surface area contributed by atoms with Gasteiger partial charge in [0.15, 0.2) is 0 Å². The summed E-state index contributed by atoms with van der Waals surface area (Å²) in [5, 5.41) is 7.79. The molecule has 0 bridgehead atoms. The largest absolute Gasteiger partial charge is 0.340 e. The molecule has 0 fully saturated rings. The summed E-state index contributed by atoms with van der Waals surface area (Å²) in [5.74, 6) is 0.411. The van der Waals surface area contributed by atoms with Crippen LogP contribution in [0.15, 0.2) is 73.1 Å². The first-order valence-corrected chi connectivity index (χ1v) is 9.12. The van der Waals surface area contributed by atoms with Crippen LogP contribution < -0.4 is 10.6 Å². The van der Waals surface area contributed by atoms with E-state index < -0.39 is 0 Å². The Kier molecular flexibility index (Phi) is 4.91. The number of rotatable bonds is 4. The van der Waals surface area contributed by atoms with E-state index in [0.717, 1.165) is 22.2 Å². The van der Waals surface area contributed by atoms with Gasteiger partial charge in [-0.2, -0.15) is 0 Å². The molecule has 28 heavy (non-hydrogen) atoms. The summed E-state index contributed by atoms with van der Waals surface area (Å²) >= 11 is 5.99. The number of anilines is 3. The highest BCUT2D eigenvalue weighted by molar-refractivity contribution is 6.30. The molecule has 0 unspecified atom stereocenters. The van der Waals surface area contributed by atoms with Crippen LogP contribution in [-0.2, 0) is 0 Å². The molecule has 2 N–H and O–H groups in total. The number of aromatic nitrogens is 2. The van der Waals surface area contributed by atoms with Gasteiger partial charge >= 0.3 is 0 Å². The van der Waals surface area contributed by atoms with Gasteiger partial charge in [-0.05, 0) is 55.0 Å². The molecule has 0 spiro atoms. The van der Waals surface area contributed by atoms with Crippen molar-refractivity contribution in [1.82, 2.24) is 9.97 Å². The number of hydrogen-bond donors (Lipinski definition) is 2. The standard InChI is InChI=1S/C22H17ClN4O/c1-14-12-17(23)8-9-18(14)26-20-10-7-16(13-25-20)22(28)27-19-6-2-4-15-5-3-11-24-21(15)19/h2-13H,1H3,(H,25,26)(H,27,28). The molecule has 0 radical (unpaired) electrons. The first kappa shape index (κ1) is 17.9. The van der Waals surface area contributed by atoms with Crippen LogP contribution in [0.25, 0.3) is 10.9 Å². The van der Waals surface area contributed by atoms with E-state index in [1.807, 2.05) is 55.5 Å². The summed E-state index contributed by atoms with van der Waals surface area (Å²) in [7, 11) is 0. The van der Waals surface area contributed by atoms with E-state index in [0.29, 0.717) is 22.1 Å². The lowest BCUT2D eigenvalue weighted by molar-refractivity contribution is 0.102. The summed E-state index contributed by atoms with van der Waals surface area (Å²) in [6.45, 7) is 1.97. The SMILES string of the molecule is Cc1cc(Cl)ccc1Nc1ccc(C(=O)Nc2cccc3cccnc23)cn1. The number of nitrogens with one attached hydrogen (secondary N) is 2. The molecule has 0 saturated carbocycles. The van der Waals surface area contributed by atoms with Crippen LogP contribution in [0.5, 0.6) is 0 Å². The number of aryl methyl sites for hydroxylation is 1. The topological polar surface area (TPSA) is 66.9 Å². The number of benzene rings is 2. The van der Waals surface area contributed by atoms with Crippen LogP contribution in [0.1, 0.15) is 15.9 Å². The van der Waals surface area contributed by atoms with Crippen LogP contribution in [0.4, 0.5) is 17.2 Å². The Labute approximate surface area is 167 Å². The predicted molar refractivity (Wildman–Crippen MR) is 113 cm³/mol. The zero-order chi connectivity index (χ0) is 19.5. The quantitative estimate of drug-likeness (QED) is 0.478. The molecule has 2 heterocycles. The highest BCUT2D eigenvalue weighted by Crippen LogP contribution is 2.24. The maximum atomic E-state index is 12.6. The number of halogens is 1. The Balaban J connectivity index is 1.51. The van der Waals surface area contributed by atoms with E-state index in [1.54, 1.807) is 24.5 Å². The highest BCUT2D eigenvalue weighted by atomic mass is 35.5. The summed E-state index contributed by atoms with van der Waals surface area (Å²) in [6, 6.07) is 18.6. The number of amides is 1. The Bertz CT molecular complexity index is 1150. The Morgan fingerprint density at radius 2 is 1.82 bits per heavy atom. The van der Waals surface area contributed by atoms with E-state index in [-0.39, 0.29) is 5.91 Å². The van der Waals surface area contributed by atoms with Crippen molar-refractivity contribution in [2.45, 2.75) is 6.92 Å². The smallest absolute Gasteiger partial charge is 0.257 e. The number of para-hydroxylation sites is 1.